The molecule has 1 aromatic rings. The fourth-order valence-electron chi connectivity index (χ4n) is 1.84. The van der Waals surface area contributed by atoms with E-state index in [-0.39, 0.29) is 0 Å². The van der Waals surface area contributed by atoms with E-state index < -0.39 is 11.5 Å². The van der Waals surface area contributed by atoms with Gasteiger partial charge in [0, 0.05) is 6.42 Å². The van der Waals surface area contributed by atoms with Crippen molar-refractivity contribution >= 4 is 5.97 Å². The highest BCUT2D eigenvalue weighted by molar-refractivity contribution is 5.78. The van der Waals surface area contributed by atoms with Crippen LogP contribution in [0.4, 0.5) is 0 Å². The van der Waals surface area contributed by atoms with Crippen LogP contribution in [-0.2, 0) is 4.79 Å². The van der Waals surface area contributed by atoms with Crippen LogP contribution in [0.1, 0.15) is 30.0 Å². The van der Waals surface area contributed by atoms with Crippen molar-refractivity contribution in [2.75, 3.05) is 13.7 Å². The fraction of sp³-hybridized carbons (Fsp3) is 0.533. The summed E-state index contributed by atoms with van der Waals surface area (Å²) >= 11 is 0. The summed E-state index contributed by atoms with van der Waals surface area (Å²) < 4.78 is 5.79. The van der Waals surface area contributed by atoms with Crippen molar-refractivity contribution in [1.82, 2.24) is 5.32 Å². The first-order valence-corrected chi connectivity index (χ1v) is 6.43. The van der Waals surface area contributed by atoms with Gasteiger partial charge in [0.15, 0.2) is 0 Å². The number of nitrogens with one attached hydrogen (secondary N) is 1. The SMILES string of the molecule is CNC(C)(CCOc1c(C)ccc(C)c1C)C(=O)O. The second kappa shape index (κ2) is 6.06. The van der Waals surface area contributed by atoms with Gasteiger partial charge in [-0.15, -0.1) is 0 Å². The van der Waals surface area contributed by atoms with Gasteiger partial charge in [0.2, 0.25) is 0 Å². The Labute approximate surface area is 114 Å². The van der Waals surface area contributed by atoms with Crippen LogP contribution in [0.2, 0.25) is 0 Å². The number of carbonyl (C=O) groups is 1. The van der Waals surface area contributed by atoms with Crippen molar-refractivity contribution in [3.63, 3.8) is 0 Å². The van der Waals surface area contributed by atoms with E-state index in [1.54, 1.807) is 14.0 Å². The van der Waals surface area contributed by atoms with Crippen LogP contribution in [0.5, 0.6) is 5.75 Å². The first-order chi connectivity index (χ1) is 8.81. The molecule has 0 aliphatic carbocycles. The molecular weight excluding hydrogens is 242 g/mol. The van der Waals surface area contributed by atoms with Gasteiger partial charge in [0.05, 0.1) is 6.61 Å². The third-order valence-electron chi connectivity index (χ3n) is 3.75. The van der Waals surface area contributed by atoms with Gasteiger partial charge in [-0.1, -0.05) is 12.1 Å². The Morgan fingerprint density at radius 3 is 2.42 bits per heavy atom. The predicted molar refractivity (Wildman–Crippen MR) is 75.9 cm³/mol. The normalized spacial score (nSPS) is 13.9. The maximum atomic E-state index is 11.2. The van der Waals surface area contributed by atoms with Gasteiger partial charge in [0.25, 0.3) is 0 Å². The van der Waals surface area contributed by atoms with E-state index in [0.29, 0.717) is 13.0 Å². The van der Waals surface area contributed by atoms with Gasteiger partial charge in [-0.05, 0) is 51.4 Å². The number of ether oxygens (including phenoxy) is 1. The standard InChI is InChI=1S/C15H23NO3/c1-10-6-7-11(2)13(12(10)3)19-9-8-15(4,16-5)14(17)18/h6-7,16H,8-9H2,1-5H3,(H,17,18). The molecule has 106 valence electrons. The monoisotopic (exact) mass is 265 g/mol. The maximum absolute atomic E-state index is 11.2. The summed E-state index contributed by atoms with van der Waals surface area (Å²) in [7, 11) is 1.65. The Balaban J connectivity index is 2.74. The lowest BCUT2D eigenvalue weighted by Gasteiger charge is -2.24. The van der Waals surface area contributed by atoms with Crippen LogP contribution in [0.15, 0.2) is 12.1 Å². The van der Waals surface area contributed by atoms with E-state index in [9.17, 15) is 4.79 Å². The largest absolute Gasteiger partial charge is 0.493 e. The highest BCUT2D eigenvalue weighted by atomic mass is 16.5. The zero-order valence-corrected chi connectivity index (χ0v) is 12.3. The van der Waals surface area contributed by atoms with Crippen molar-refractivity contribution in [3.8, 4) is 5.75 Å². The Morgan fingerprint density at radius 2 is 1.89 bits per heavy atom. The van der Waals surface area contributed by atoms with Crippen LogP contribution < -0.4 is 10.1 Å². The smallest absolute Gasteiger partial charge is 0.323 e. The molecule has 19 heavy (non-hydrogen) atoms. The van der Waals surface area contributed by atoms with Crippen LogP contribution in [0.25, 0.3) is 0 Å². The average Bonchev–Trinajstić information content (AvgIpc) is 2.37. The van der Waals surface area contributed by atoms with Gasteiger partial charge in [0.1, 0.15) is 11.3 Å². The lowest BCUT2D eigenvalue weighted by molar-refractivity contribution is -0.144. The Bertz CT molecular complexity index is 471. The summed E-state index contributed by atoms with van der Waals surface area (Å²) in [5.74, 6) is 0.000118. The van der Waals surface area contributed by atoms with E-state index in [2.05, 4.69) is 11.4 Å². The molecule has 4 heteroatoms. The second-order valence-electron chi connectivity index (χ2n) is 5.14. The number of likely N-dealkylation sites (N-methyl/N-ethyl adjacent to an activating group) is 1. The number of benzene rings is 1. The second-order valence-corrected chi connectivity index (χ2v) is 5.14. The van der Waals surface area contributed by atoms with Crippen LogP contribution >= 0.6 is 0 Å². The Kier molecular flexibility index (Phi) is 4.95. The molecule has 0 saturated carbocycles. The molecule has 1 aromatic carbocycles. The molecule has 0 heterocycles. The minimum atomic E-state index is -0.953. The van der Waals surface area contributed by atoms with Crippen molar-refractivity contribution in [1.29, 1.82) is 0 Å². The van der Waals surface area contributed by atoms with Crippen LogP contribution in [0, 0.1) is 20.8 Å². The van der Waals surface area contributed by atoms with Gasteiger partial charge in [-0.2, -0.15) is 0 Å². The van der Waals surface area contributed by atoms with E-state index in [1.807, 2.05) is 26.8 Å². The van der Waals surface area contributed by atoms with E-state index >= 15 is 0 Å². The number of aryl methyl sites for hydroxylation is 2. The zero-order valence-electron chi connectivity index (χ0n) is 12.3. The van der Waals surface area contributed by atoms with E-state index in [4.69, 9.17) is 9.84 Å². The molecule has 0 spiro atoms. The van der Waals surface area contributed by atoms with Gasteiger partial charge < -0.3 is 15.2 Å². The summed E-state index contributed by atoms with van der Waals surface area (Å²) in [5.41, 5.74) is 2.41. The Hall–Kier alpha value is -1.55. The number of hydrogen-bond acceptors (Lipinski definition) is 3. The molecule has 0 aliphatic rings. The topological polar surface area (TPSA) is 58.6 Å². The van der Waals surface area contributed by atoms with Crippen LogP contribution in [0.3, 0.4) is 0 Å². The minimum absolute atomic E-state index is 0.370. The molecule has 0 aromatic heterocycles. The molecule has 0 saturated heterocycles. The zero-order chi connectivity index (χ0) is 14.6. The molecule has 0 radical (unpaired) electrons. The number of aliphatic carboxylic acids is 1. The lowest BCUT2D eigenvalue weighted by Crippen LogP contribution is -2.48. The molecule has 0 amide bonds. The first-order valence-electron chi connectivity index (χ1n) is 6.43. The highest BCUT2D eigenvalue weighted by Gasteiger charge is 2.30. The summed E-state index contributed by atoms with van der Waals surface area (Å²) in [4.78, 5) is 11.2. The lowest BCUT2D eigenvalue weighted by atomic mass is 9.99. The molecule has 2 N–H and O–H groups in total. The molecule has 1 rings (SSSR count). The van der Waals surface area contributed by atoms with E-state index in [1.165, 1.54) is 5.56 Å². The first kappa shape index (κ1) is 15.5. The molecule has 4 nitrogen and oxygen atoms in total. The van der Waals surface area contributed by atoms with E-state index in [0.717, 1.165) is 16.9 Å². The quantitative estimate of drug-likeness (QED) is 0.829. The molecule has 0 fully saturated rings. The molecule has 0 aliphatic heterocycles. The molecule has 1 atom stereocenters. The number of hydrogen-bond donors (Lipinski definition) is 2. The fourth-order valence-corrected chi connectivity index (χ4v) is 1.84. The third kappa shape index (κ3) is 3.47. The van der Waals surface area contributed by atoms with Gasteiger partial charge in [-0.25, -0.2) is 0 Å². The number of carboxylic acids is 1. The summed E-state index contributed by atoms with van der Waals surface area (Å²) in [6.07, 6.45) is 0.408. The molecule has 1 unspecified atom stereocenters. The van der Waals surface area contributed by atoms with Crippen molar-refractivity contribution in [2.24, 2.45) is 0 Å². The van der Waals surface area contributed by atoms with Gasteiger partial charge in [-0.3, -0.25) is 4.79 Å². The van der Waals surface area contributed by atoms with Crippen molar-refractivity contribution in [3.05, 3.63) is 28.8 Å². The van der Waals surface area contributed by atoms with Crippen molar-refractivity contribution < 1.29 is 14.6 Å². The maximum Gasteiger partial charge on any atom is 0.323 e. The minimum Gasteiger partial charge on any atom is -0.493 e. The Morgan fingerprint density at radius 1 is 1.32 bits per heavy atom. The number of carboxylic acid groups (broad SMARTS) is 1. The average molecular weight is 265 g/mol. The highest BCUT2D eigenvalue weighted by Crippen LogP contribution is 2.26. The van der Waals surface area contributed by atoms with Crippen molar-refractivity contribution in [2.45, 2.75) is 39.7 Å². The van der Waals surface area contributed by atoms with Crippen LogP contribution in [-0.4, -0.2) is 30.3 Å². The number of rotatable bonds is 6. The predicted octanol–water partition coefficient (Wildman–Crippen LogP) is 2.44. The molecule has 0 bridgehead atoms. The van der Waals surface area contributed by atoms with Gasteiger partial charge >= 0.3 is 5.97 Å². The molecular formula is C15H23NO3. The third-order valence-corrected chi connectivity index (χ3v) is 3.75. The summed E-state index contributed by atoms with van der Waals surface area (Å²) in [6.45, 7) is 8.09. The summed E-state index contributed by atoms with van der Waals surface area (Å²) in [6, 6.07) is 4.08. The summed E-state index contributed by atoms with van der Waals surface area (Å²) in [5, 5.41) is 12.0.